The van der Waals surface area contributed by atoms with Gasteiger partial charge in [0.1, 0.15) is 12.3 Å². The SMILES string of the molecule is Cc1ccc2c(c1)c1ccc(-n3c4ccc(C(C)(C)C)cc4c4cccnc43)cc1n2-c1cc(C2=N[C@](C)(C3CCCCC3)CO2)cc(-c2c(C(C)C)cccc2C(C)C)c1. The van der Waals surface area contributed by atoms with Crippen LogP contribution in [0.15, 0.2) is 114 Å². The Morgan fingerprint density at radius 1 is 0.656 bits per heavy atom. The van der Waals surface area contributed by atoms with E-state index in [0.29, 0.717) is 24.4 Å². The van der Waals surface area contributed by atoms with Crippen molar-refractivity contribution in [2.75, 3.05) is 6.61 Å². The van der Waals surface area contributed by atoms with Crippen LogP contribution in [0.5, 0.6) is 0 Å². The molecule has 0 bridgehead atoms. The number of rotatable bonds is 7. The smallest absolute Gasteiger partial charge is 0.216 e. The summed E-state index contributed by atoms with van der Waals surface area (Å²) < 4.78 is 11.6. The van der Waals surface area contributed by atoms with E-state index in [4.69, 9.17) is 14.7 Å². The number of nitrogens with zero attached hydrogens (tertiary/aromatic N) is 4. The fraction of sp³-hybridized carbons (Fsp3) is 0.357. The van der Waals surface area contributed by atoms with Gasteiger partial charge in [0.2, 0.25) is 5.90 Å². The molecule has 0 spiro atoms. The summed E-state index contributed by atoms with van der Waals surface area (Å²) in [5.74, 6) is 2.03. The van der Waals surface area contributed by atoms with Gasteiger partial charge in [-0.15, -0.1) is 0 Å². The molecule has 5 heteroatoms. The zero-order chi connectivity index (χ0) is 42.4. The van der Waals surface area contributed by atoms with Crippen molar-refractivity contribution in [3.63, 3.8) is 0 Å². The lowest BCUT2D eigenvalue weighted by Crippen LogP contribution is -2.35. The van der Waals surface area contributed by atoms with Crippen LogP contribution in [0, 0.1) is 12.8 Å². The van der Waals surface area contributed by atoms with Gasteiger partial charge in [0.25, 0.3) is 0 Å². The van der Waals surface area contributed by atoms with Gasteiger partial charge in [-0.05, 0) is 144 Å². The number of pyridine rings is 1. The number of aryl methyl sites for hydroxylation is 1. The molecule has 1 saturated carbocycles. The molecule has 4 heterocycles. The molecule has 0 N–H and O–H groups in total. The molecule has 1 aliphatic carbocycles. The lowest BCUT2D eigenvalue weighted by atomic mass is 9.76. The van der Waals surface area contributed by atoms with Crippen LogP contribution in [0.3, 0.4) is 0 Å². The number of hydrogen-bond acceptors (Lipinski definition) is 3. The van der Waals surface area contributed by atoms with E-state index in [1.807, 2.05) is 6.20 Å². The van der Waals surface area contributed by atoms with Crippen LogP contribution in [-0.2, 0) is 10.2 Å². The second-order valence-electron chi connectivity index (χ2n) is 20.0. The van der Waals surface area contributed by atoms with E-state index in [1.165, 1.54) is 92.5 Å². The van der Waals surface area contributed by atoms with Gasteiger partial charge >= 0.3 is 0 Å². The van der Waals surface area contributed by atoms with Crippen LogP contribution in [-0.4, -0.2) is 32.2 Å². The van der Waals surface area contributed by atoms with Crippen molar-refractivity contribution < 1.29 is 4.74 Å². The number of aromatic nitrogens is 3. The Labute approximate surface area is 361 Å². The molecule has 0 saturated heterocycles. The van der Waals surface area contributed by atoms with E-state index < -0.39 is 0 Å². The molecule has 0 radical (unpaired) electrons. The highest BCUT2D eigenvalue weighted by molar-refractivity contribution is 6.12. The zero-order valence-corrected chi connectivity index (χ0v) is 37.6. The second-order valence-corrected chi connectivity index (χ2v) is 20.0. The van der Waals surface area contributed by atoms with Crippen molar-refractivity contribution in [1.29, 1.82) is 0 Å². The first-order valence-electron chi connectivity index (χ1n) is 22.8. The Balaban J connectivity index is 1.25. The molecule has 1 aliphatic heterocycles. The number of hydrogen-bond donors (Lipinski definition) is 0. The van der Waals surface area contributed by atoms with Crippen LogP contribution in [0.25, 0.3) is 66.2 Å². The van der Waals surface area contributed by atoms with Crippen molar-refractivity contribution >= 4 is 49.6 Å². The first-order chi connectivity index (χ1) is 29.3. The van der Waals surface area contributed by atoms with E-state index >= 15 is 0 Å². The van der Waals surface area contributed by atoms with Crippen LogP contribution < -0.4 is 0 Å². The minimum Gasteiger partial charge on any atom is -0.475 e. The topological polar surface area (TPSA) is 44.3 Å². The standard InChI is InChI=1S/C56H60N4O/c1-34(2)43-17-13-18-44(35(3)4)52(43)37-28-38(54-58-56(9,33-61-54)39-15-11-10-12-16-39)30-42(29-37)59-49-24-20-36(5)27-47(49)45-23-22-41(32-51(45)59)60-50-25-21-40(55(6,7)8)31-48(50)46-19-14-26-57-53(46)60/h13-14,17-32,34-35,39H,10-12,15-16,33H2,1-9H3/t56-/m0/s1. The van der Waals surface area contributed by atoms with Gasteiger partial charge in [-0.25, -0.2) is 9.98 Å². The summed E-state index contributed by atoms with van der Waals surface area (Å²) in [6.45, 7) is 21.3. The maximum absolute atomic E-state index is 6.73. The largest absolute Gasteiger partial charge is 0.475 e. The van der Waals surface area contributed by atoms with Crippen LogP contribution in [0.1, 0.15) is 127 Å². The Morgan fingerprint density at radius 2 is 1.36 bits per heavy atom. The third kappa shape index (κ3) is 6.67. The highest BCUT2D eigenvalue weighted by Gasteiger charge is 2.40. The summed E-state index contributed by atoms with van der Waals surface area (Å²) in [6.07, 6.45) is 8.27. The van der Waals surface area contributed by atoms with Gasteiger partial charge in [-0.1, -0.05) is 110 Å². The summed E-state index contributed by atoms with van der Waals surface area (Å²) in [6, 6.07) is 39.1. The van der Waals surface area contributed by atoms with Crippen molar-refractivity contribution in [3.05, 3.63) is 137 Å². The van der Waals surface area contributed by atoms with Crippen molar-refractivity contribution in [3.8, 4) is 22.5 Å². The fourth-order valence-electron chi connectivity index (χ4n) is 10.6. The van der Waals surface area contributed by atoms with Gasteiger partial charge in [-0.2, -0.15) is 0 Å². The van der Waals surface area contributed by atoms with E-state index in [-0.39, 0.29) is 11.0 Å². The van der Waals surface area contributed by atoms with Gasteiger partial charge in [0.05, 0.1) is 22.1 Å². The molecule has 1 fully saturated rings. The summed E-state index contributed by atoms with van der Waals surface area (Å²) in [5.41, 5.74) is 15.3. The quantitative estimate of drug-likeness (QED) is 0.161. The highest BCUT2D eigenvalue weighted by Crippen LogP contribution is 2.43. The van der Waals surface area contributed by atoms with E-state index in [2.05, 4.69) is 175 Å². The summed E-state index contributed by atoms with van der Waals surface area (Å²) >= 11 is 0. The second kappa shape index (κ2) is 14.8. The molecule has 5 aromatic carbocycles. The molecule has 1 atom stereocenters. The molecule has 5 nitrogen and oxygen atoms in total. The van der Waals surface area contributed by atoms with Crippen LogP contribution in [0.4, 0.5) is 0 Å². The van der Waals surface area contributed by atoms with Crippen LogP contribution >= 0.6 is 0 Å². The Morgan fingerprint density at radius 3 is 2.10 bits per heavy atom. The van der Waals surface area contributed by atoms with Gasteiger partial charge < -0.3 is 9.30 Å². The average molecular weight is 805 g/mol. The summed E-state index contributed by atoms with van der Waals surface area (Å²) in [5, 5.41) is 4.86. The predicted molar refractivity (Wildman–Crippen MR) is 257 cm³/mol. The normalized spacial score (nSPS) is 17.7. The third-order valence-electron chi connectivity index (χ3n) is 14.0. The molecule has 3 aromatic heterocycles. The lowest BCUT2D eigenvalue weighted by molar-refractivity contribution is 0.170. The Hall–Kier alpha value is -5.68. The van der Waals surface area contributed by atoms with Gasteiger partial charge in [0.15, 0.2) is 0 Å². The molecule has 8 aromatic rings. The fourth-order valence-corrected chi connectivity index (χ4v) is 10.6. The summed E-state index contributed by atoms with van der Waals surface area (Å²) in [7, 11) is 0. The number of aliphatic imine (C=N–C) groups is 1. The monoisotopic (exact) mass is 804 g/mol. The molecule has 2 aliphatic rings. The maximum atomic E-state index is 6.73. The number of fused-ring (bicyclic) bond motifs is 6. The van der Waals surface area contributed by atoms with E-state index in [0.717, 1.165) is 39.5 Å². The molecular weight excluding hydrogens is 745 g/mol. The third-order valence-corrected chi connectivity index (χ3v) is 14.0. The Bertz CT molecular complexity index is 3010. The average Bonchev–Trinajstić information content (AvgIpc) is 3.92. The van der Waals surface area contributed by atoms with Crippen molar-refractivity contribution in [2.24, 2.45) is 10.9 Å². The van der Waals surface area contributed by atoms with Gasteiger partial charge in [-0.3, -0.25) is 4.57 Å². The molecule has 0 unspecified atom stereocenters. The predicted octanol–water partition coefficient (Wildman–Crippen LogP) is 14.9. The Kier molecular flexibility index (Phi) is 9.54. The maximum Gasteiger partial charge on any atom is 0.216 e. The summed E-state index contributed by atoms with van der Waals surface area (Å²) in [4.78, 5) is 10.5. The molecule has 310 valence electrons. The first-order valence-corrected chi connectivity index (χ1v) is 22.8. The minimum absolute atomic E-state index is 0.0331. The van der Waals surface area contributed by atoms with Crippen LogP contribution in [0.2, 0.25) is 0 Å². The lowest BCUT2D eigenvalue weighted by Gasteiger charge is -2.32. The first kappa shape index (κ1) is 39.5. The van der Waals surface area contributed by atoms with Gasteiger partial charge in [0, 0.05) is 44.7 Å². The zero-order valence-electron chi connectivity index (χ0n) is 37.6. The number of ether oxygens (including phenoxy) is 1. The van der Waals surface area contributed by atoms with Crippen molar-refractivity contribution in [2.45, 2.75) is 117 Å². The van der Waals surface area contributed by atoms with E-state index in [1.54, 1.807) is 0 Å². The molecular formula is C56H60N4O. The molecule has 10 rings (SSSR count). The van der Waals surface area contributed by atoms with Crippen molar-refractivity contribution in [1.82, 2.24) is 14.1 Å². The molecule has 0 amide bonds. The number of benzene rings is 5. The van der Waals surface area contributed by atoms with E-state index in [9.17, 15) is 0 Å². The molecule has 61 heavy (non-hydrogen) atoms. The minimum atomic E-state index is -0.214. The highest BCUT2D eigenvalue weighted by atomic mass is 16.5.